The van der Waals surface area contributed by atoms with Gasteiger partial charge in [-0.1, -0.05) is 65.2 Å². The number of benzene rings is 4. The summed E-state index contributed by atoms with van der Waals surface area (Å²) in [5.74, 6) is -43.5. The maximum atomic E-state index is 12.3. The van der Waals surface area contributed by atoms with Gasteiger partial charge in [-0.05, 0) is 38.5 Å². The number of esters is 2. The number of hydrogen-bond donors (Lipinski definition) is 5. The molecule has 3 saturated carbocycles. The lowest BCUT2D eigenvalue weighted by atomic mass is 9.94. The number of nitrogens with one attached hydrogen (secondary N) is 2. The van der Waals surface area contributed by atoms with Crippen molar-refractivity contribution < 1.29 is 141 Å². The molecule has 4 aromatic carbocycles. The van der Waals surface area contributed by atoms with Crippen molar-refractivity contribution in [3.05, 3.63) is 183 Å². The van der Waals surface area contributed by atoms with E-state index in [9.17, 15) is 126 Å². The van der Waals surface area contributed by atoms with Gasteiger partial charge in [0.1, 0.15) is 5.69 Å². The minimum absolute atomic E-state index is 0. The van der Waals surface area contributed by atoms with Crippen LogP contribution in [0.15, 0.2) is 66.8 Å². The highest BCUT2D eigenvalue weighted by Gasteiger charge is 2.32. The van der Waals surface area contributed by atoms with Crippen molar-refractivity contribution in [1.29, 1.82) is 0 Å². The van der Waals surface area contributed by atoms with Gasteiger partial charge < -0.3 is 31.3 Å². The van der Waals surface area contributed by atoms with Gasteiger partial charge in [0.15, 0.2) is 93.1 Å². The molecule has 6 N–H and O–H groups in total. The third-order valence-electron chi connectivity index (χ3n) is 12.4. The number of ether oxygens (including phenoxy) is 1. The lowest BCUT2D eigenvalue weighted by Gasteiger charge is -2.29. The predicted octanol–water partition coefficient (Wildman–Crippen LogP) is 12.8. The van der Waals surface area contributed by atoms with Gasteiger partial charge in [-0.3, -0.25) is 24.1 Å². The van der Waals surface area contributed by atoms with Gasteiger partial charge in [-0.25, -0.2) is 107 Å². The quantitative estimate of drug-likeness (QED) is 0.0170. The van der Waals surface area contributed by atoms with Crippen LogP contribution in [-0.2, 0) is 43.1 Å². The minimum atomic E-state index is -2.21. The number of aliphatic carboxylic acids is 2. The molecule has 4 aromatic rings. The van der Waals surface area contributed by atoms with E-state index in [0.29, 0.717) is 0 Å². The van der Waals surface area contributed by atoms with Crippen LogP contribution in [0, 0.1) is 116 Å². The number of hydrogen-bond acceptors (Lipinski definition) is 10. The fourth-order valence-electron chi connectivity index (χ4n) is 7.95. The second-order valence-corrected chi connectivity index (χ2v) is 19.1. The summed E-state index contributed by atoms with van der Waals surface area (Å²) in [7, 11) is 0. The van der Waals surface area contributed by atoms with Gasteiger partial charge in [0.05, 0.1) is 0 Å². The number of carbonyl (C=O) groups is 8. The van der Waals surface area contributed by atoms with Crippen LogP contribution in [0.25, 0.3) is 0 Å². The number of carboxylic acids is 2. The highest BCUT2D eigenvalue weighted by atomic mass is 19.2. The number of halogens is 20. The Morgan fingerprint density at radius 2 is 0.628 bits per heavy atom. The summed E-state index contributed by atoms with van der Waals surface area (Å²) in [5.41, 5.74) is 3.19. The predicted molar refractivity (Wildman–Crippen MR) is 288 cm³/mol. The molecule has 0 radical (unpaired) electrons. The van der Waals surface area contributed by atoms with Crippen LogP contribution < -0.4 is 16.4 Å². The van der Waals surface area contributed by atoms with Crippen LogP contribution in [0.1, 0.15) is 104 Å². The molecule has 0 aromatic heterocycles. The van der Waals surface area contributed by atoms with E-state index < -0.39 is 146 Å². The smallest absolute Gasteiger partial charge is 0.338 e. The van der Waals surface area contributed by atoms with Crippen molar-refractivity contribution in [3.63, 3.8) is 0 Å². The number of nitrogen functional groups attached to an aromatic ring is 1. The molecule has 4 amide bonds. The Hall–Kier alpha value is -9.60. The third-order valence-corrected chi connectivity index (χ3v) is 12.4. The SMILES string of the molecule is C.Fc1cc(F)c(F)c(F)c1F.Fc1cc(F)c(F)c(F)c1F.Fc1cc(F)c(F)c(F)c1F.Nc1c(F)c(F)c(F)c(F)c1F.O=C(O)/C=C\C(=O)NC1CCCCC1.O=C(O)/C=C\C(=O)NC1CCCCC1.O=C1C=CC(=O)N1C1CCCCC1.O=C1C=CC(=O)O1. The average Bonchev–Trinajstić information content (AvgIpc) is 0.929. The zero-order chi connectivity index (χ0) is 70.6. The molecule has 3 aliphatic carbocycles. The van der Waals surface area contributed by atoms with E-state index in [1.54, 1.807) is 0 Å². The number of rotatable bonds is 7. The molecule has 2 aliphatic heterocycles. The minimum Gasteiger partial charge on any atom is -0.478 e. The van der Waals surface area contributed by atoms with Crippen molar-refractivity contribution in [3.8, 4) is 0 Å². The zero-order valence-corrected chi connectivity index (χ0v) is 47.3. The van der Waals surface area contributed by atoms with Crippen molar-refractivity contribution in [2.24, 2.45) is 0 Å². The summed E-state index contributed by atoms with van der Waals surface area (Å²) in [6.07, 6.45) is 25.3. The van der Waals surface area contributed by atoms with Crippen LogP contribution in [0.2, 0.25) is 0 Å². The number of carbonyl (C=O) groups excluding carboxylic acids is 6. The molecular weight excluding hydrogens is 1320 g/mol. The summed E-state index contributed by atoms with van der Waals surface area (Å²) in [6.45, 7) is 0. The van der Waals surface area contributed by atoms with Crippen LogP contribution in [0.5, 0.6) is 0 Å². The maximum absolute atomic E-state index is 12.3. The summed E-state index contributed by atoms with van der Waals surface area (Å²) in [4.78, 5) is 86.4. The molecule has 35 heteroatoms. The molecule has 94 heavy (non-hydrogen) atoms. The summed E-state index contributed by atoms with van der Waals surface area (Å²) >= 11 is 0. The van der Waals surface area contributed by atoms with Crippen molar-refractivity contribution in [2.75, 3.05) is 5.73 Å². The van der Waals surface area contributed by atoms with Crippen LogP contribution in [-0.4, -0.2) is 80.7 Å². The largest absolute Gasteiger partial charge is 0.478 e. The van der Waals surface area contributed by atoms with Gasteiger partial charge in [0, 0.05) is 84.9 Å². The monoisotopic (exact) mass is 1370 g/mol. The van der Waals surface area contributed by atoms with Gasteiger partial charge in [0.25, 0.3) is 11.8 Å². The second kappa shape index (κ2) is 40.4. The molecule has 0 spiro atoms. The summed E-state index contributed by atoms with van der Waals surface area (Å²) in [5, 5.41) is 22.2. The number of anilines is 1. The van der Waals surface area contributed by atoms with Crippen molar-refractivity contribution in [1.82, 2.24) is 15.5 Å². The number of imide groups is 1. The van der Waals surface area contributed by atoms with Gasteiger partial charge in [0.2, 0.25) is 35.1 Å². The van der Waals surface area contributed by atoms with E-state index in [1.165, 1.54) is 36.3 Å². The van der Waals surface area contributed by atoms with Gasteiger partial charge in [-0.15, -0.1) is 0 Å². The summed E-state index contributed by atoms with van der Waals surface area (Å²) in [6, 6.07) is 0.447. The molecule has 9 rings (SSSR count). The molecule has 0 saturated heterocycles. The Morgan fingerprint density at radius 1 is 0.383 bits per heavy atom. The number of cyclic esters (lactones) is 2. The maximum Gasteiger partial charge on any atom is 0.338 e. The highest BCUT2D eigenvalue weighted by Crippen LogP contribution is 2.27. The molecule has 15 nitrogen and oxygen atoms in total. The Kier molecular flexibility index (Phi) is 35.4. The fourth-order valence-corrected chi connectivity index (χ4v) is 7.95. The van der Waals surface area contributed by atoms with E-state index in [-0.39, 0.29) is 67.4 Å². The third kappa shape index (κ3) is 26.9. The molecule has 5 aliphatic rings. The lowest BCUT2D eigenvalue weighted by Crippen LogP contribution is -2.41. The lowest BCUT2D eigenvalue weighted by molar-refractivity contribution is -0.150. The number of nitrogens with zero attached hydrogens (tertiary/aromatic N) is 1. The number of carboxylic acid groups (broad SMARTS) is 2. The molecular formula is C59H54F20N4O11. The van der Waals surface area contributed by atoms with E-state index in [4.69, 9.17) is 10.2 Å². The molecule has 0 bridgehead atoms. The molecule has 0 unspecified atom stereocenters. The van der Waals surface area contributed by atoms with Crippen molar-refractivity contribution in [2.45, 2.75) is 122 Å². The van der Waals surface area contributed by atoms with Crippen LogP contribution in [0.3, 0.4) is 0 Å². The molecule has 2 heterocycles. The second-order valence-electron chi connectivity index (χ2n) is 19.1. The Labute approximate surface area is 519 Å². The van der Waals surface area contributed by atoms with E-state index in [0.717, 1.165) is 114 Å². The Morgan fingerprint density at radius 3 is 0.872 bits per heavy atom. The topological polar surface area (TPSA) is 240 Å². The van der Waals surface area contributed by atoms with Gasteiger partial charge >= 0.3 is 23.9 Å². The van der Waals surface area contributed by atoms with E-state index >= 15 is 0 Å². The van der Waals surface area contributed by atoms with Crippen LogP contribution >= 0.6 is 0 Å². The first-order valence-corrected chi connectivity index (χ1v) is 26.7. The number of nitrogens with two attached hydrogens (primary N) is 1. The van der Waals surface area contributed by atoms with Gasteiger partial charge in [-0.2, -0.15) is 0 Å². The normalized spacial score (nSPS) is 15.1. The van der Waals surface area contributed by atoms with E-state index in [1.807, 2.05) is 0 Å². The highest BCUT2D eigenvalue weighted by molar-refractivity contribution is 6.13. The molecule has 0 atom stereocenters. The average molecular weight is 1380 g/mol. The zero-order valence-electron chi connectivity index (χ0n) is 47.3. The Bertz CT molecular complexity index is 3060. The van der Waals surface area contributed by atoms with Crippen molar-refractivity contribution >= 4 is 53.2 Å². The standard InChI is InChI=1S/2C10H15NO3.C10H13NO2.C6H2F5N.3C6HF5.C4H2O3.CH4/c2*12-9(6-7-10(13)14)11-8-4-2-1-3-5-8;12-9-6-7-10(13)11(9)8-4-2-1-3-5-8;7-1-2(8)4(10)6(12)5(11)3(1)9;3*7-2-1-3(8)5(10)6(11)4(2)9;5-3-1-2-4(6)7-3;/h2*6-8H,1-5H2,(H,11,12)(H,13,14);6-8H,1-5H2;12H2;3*1H;1-2H;1H4/b2*7-6-;;;;;;;. The molecule has 516 valence electrons. The Balaban J connectivity index is 0.000000539. The first-order chi connectivity index (χ1) is 43.5. The number of amides is 4. The molecule has 3 fully saturated rings. The van der Waals surface area contributed by atoms with E-state index in [2.05, 4.69) is 21.1 Å². The first kappa shape index (κ1) is 82.4. The fraction of sp³-hybridized carbons (Fsp3) is 0.322. The van der Waals surface area contributed by atoms with Crippen LogP contribution in [0.4, 0.5) is 93.5 Å². The summed E-state index contributed by atoms with van der Waals surface area (Å²) < 4.78 is 245. The first-order valence-electron chi connectivity index (χ1n) is 26.7.